The van der Waals surface area contributed by atoms with Crippen LogP contribution in [-0.2, 0) is 0 Å². The van der Waals surface area contributed by atoms with Gasteiger partial charge in [-0.2, -0.15) is 0 Å². The fraction of sp³-hybridized carbons (Fsp3) is 0.625. The monoisotopic (exact) mass is 355 g/mol. The van der Waals surface area contributed by atoms with Crippen LogP contribution in [0.25, 0.3) is 0 Å². The highest BCUT2D eigenvalue weighted by Gasteiger charge is 2.41. The summed E-state index contributed by atoms with van der Waals surface area (Å²) in [6.45, 7) is 2.98. The molecule has 1 heterocycles. The van der Waals surface area contributed by atoms with Crippen LogP contribution >= 0.6 is 15.9 Å². The van der Waals surface area contributed by atoms with Crippen molar-refractivity contribution in [1.29, 1.82) is 0 Å². The molecular formula is C16H22BrNO3. The number of aliphatic hydroxyl groups excluding tert-OH is 1. The third-order valence-corrected chi connectivity index (χ3v) is 5.47. The highest BCUT2D eigenvalue weighted by atomic mass is 79.9. The van der Waals surface area contributed by atoms with Gasteiger partial charge >= 0.3 is 0 Å². The van der Waals surface area contributed by atoms with E-state index >= 15 is 0 Å². The Morgan fingerprint density at radius 1 is 1.48 bits per heavy atom. The molecule has 0 saturated heterocycles. The molecule has 3 rings (SSSR count). The standard InChI is InChI=1S/C16H22BrNO3/c1-10-3-2-4-16(7-10,8-18)15(19)11-5-12(17)14-13(6-11)20-9-21-14/h5-6,10,15,19H,2-4,7-9,18H2,1H3. The van der Waals surface area contributed by atoms with Crippen LogP contribution < -0.4 is 15.2 Å². The predicted octanol–water partition coefficient (Wildman–Crippen LogP) is 3.37. The Morgan fingerprint density at radius 3 is 3.00 bits per heavy atom. The summed E-state index contributed by atoms with van der Waals surface area (Å²) >= 11 is 3.49. The lowest BCUT2D eigenvalue weighted by molar-refractivity contribution is -0.0131. The average Bonchev–Trinajstić information content (AvgIpc) is 2.95. The number of hydrogen-bond donors (Lipinski definition) is 2. The SMILES string of the molecule is CC1CCCC(CN)(C(O)c2cc(Br)c3c(c2)OCO3)C1. The molecule has 21 heavy (non-hydrogen) atoms. The molecule has 1 aromatic carbocycles. The van der Waals surface area contributed by atoms with Crippen LogP contribution in [0.1, 0.15) is 44.3 Å². The number of halogens is 1. The summed E-state index contributed by atoms with van der Waals surface area (Å²) < 4.78 is 11.7. The molecule has 0 bridgehead atoms. The molecule has 2 aliphatic rings. The minimum Gasteiger partial charge on any atom is -0.454 e. The van der Waals surface area contributed by atoms with Crippen LogP contribution in [0.4, 0.5) is 0 Å². The van der Waals surface area contributed by atoms with Crippen LogP contribution in [0, 0.1) is 11.3 Å². The molecule has 1 fully saturated rings. The molecule has 3 atom stereocenters. The van der Waals surface area contributed by atoms with Gasteiger partial charge in [0.25, 0.3) is 0 Å². The Labute approximate surface area is 133 Å². The quantitative estimate of drug-likeness (QED) is 0.872. The number of rotatable bonds is 3. The van der Waals surface area contributed by atoms with Crippen molar-refractivity contribution >= 4 is 15.9 Å². The normalized spacial score (nSPS) is 29.4. The lowest BCUT2D eigenvalue weighted by atomic mass is 9.65. The molecule has 0 radical (unpaired) electrons. The van der Waals surface area contributed by atoms with Gasteiger partial charge in [0.05, 0.1) is 10.6 Å². The van der Waals surface area contributed by atoms with E-state index in [1.165, 1.54) is 6.42 Å². The van der Waals surface area contributed by atoms with Crippen molar-refractivity contribution in [2.45, 2.75) is 38.7 Å². The number of nitrogens with two attached hydrogens (primary N) is 1. The van der Waals surface area contributed by atoms with Crippen LogP contribution in [0.2, 0.25) is 0 Å². The Balaban J connectivity index is 1.93. The third-order valence-electron chi connectivity index (χ3n) is 4.88. The Bertz CT molecular complexity index is 536. The fourth-order valence-electron chi connectivity index (χ4n) is 3.74. The minimum atomic E-state index is -0.573. The summed E-state index contributed by atoms with van der Waals surface area (Å²) in [4.78, 5) is 0. The maximum Gasteiger partial charge on any atom is 0.231 e. The second-order valence-corrected chi connectivity index (χ2v) is 7.26. The van der Waals surface area contributed by atoms with Crippen molar-refractivity contribution in [2.24, 2.45) is 17.1 Å². The van der Waals surface area contributed by atoms with E-state index in [0.29, 0.717) is 24.0 Å². The average molecular weight is 356 g/mol. The van der Waals surface area contributed by atoms with E-state index in [1.807, 2.05) is 12.1 Å². The van der Waals surface area contributed by atoms with E-state index in [0.717, 1.165) is 29.3 Å². The summed E-state index contributed by atoms with van der Waals surface area (Å²) in [6.07, 6.45) is 3.72. The first kappa shape index (κ1) is 15.1. The van der Waals surface area contributed by atoms with Crippen molar-refractivity contribution in [3.63, 3.8) is 0 Å². The van der Waals surface area contributed by atoms with Gasteiger partial charge in [-0.25, -0.2) is 0 Å². The summed E-state index contributed by atoms with van der Waals surface area (Å²) in [6, 6.07) is 3.81. The largest absolute Gasteiger partial charge is 0.454 e. The number of benzene rings is 1. The molecule has 1 aromatic rings. The van der Waals surface area contributed by atoms with Gasteiger partial charge in [0.15, 0.2) is 11.5 Å². The third kappa shape index (κ3) is 2.67. The molecule has 3 N–H and O–H groups in total. The van der Waals surface area contributed by atoms with Crippen LogP contribution in [0.3, 0.4) is 0 Å². The zero-order valence-electron chi connectivity index (χ0n) is 12.3. The van der Waals surface area contributed by atoms with E-state index in [9.17, 15) is 5.11 Å². The first-order valence-electron chi connectivity index (χ1n) is 7.53. The minimum absolute atomic E-state index is 0.229. The smallest absolute Gasteiger partial charge is 0.231 e. The van der Waals surface area contributed by atoms with Crippen molar-refractivity contribution in [3.05, 3.63) is 22.2 Å². The van der Waals surface area contributed by atoms with Crippen molar-refractivity contribution in [2.75, 3.05) is 13.3 Å². The van der Waals surface area contributed by atoms with Crippen molar-refractivity contribution < 1.29 is 14.6 Å². The van der Waals surface area contributed by atoms with Gasteiger partial charge in [-0.3, -0.25) is 0 Å². The van der Waals surface area contributed by atoms with E-state index in [4.69, 9.17) is 15.2 Å². The highest BCUT2D eigenvalue weighted by molar-refractivity contribution is 9.10. The highest BCUT2D eigenvalue weighted by Crippen LogP contribution is 2.49. The van der Waals surface area contributed by atoms with Gasteiger partial charge in [-0.15, -0.1) is 0 Å². The van der Waals surface area contributed by atoms with E-state index < -0.39 is 6.10 Å². The maximum absolute atomic E-state index is 11.0. The van der Waals surface area contributed by atoms with Gasteiger partial charge in [0, 0.05) is 12.0 Å². The second-order valence-electron chi connectivity index (χ2n) is 6.41. The summed E-state index contributed by atoms with van der Waals surface area (Å²) in [5.41, 5.74) is 6.68. The molecule has 4 nitrogen and oxygen atoms in total. The molecular weight excluding hydrogens is 334 g/mol. The van der Waals surface area contributed by atoms with Gasteiger partial charge < -0.3 is 20.3 Å². The number of fused-ring (bicyclic) bond motifs is 1. The van der Waals surface area contributed by atoms with E-state index in [-0.39, 0.29) is 12.2 Å². The summed E-state index contributed by atoms with van der Waals surface area (Å²) in [7, 11) is 0. The van der Waals surface area contributed by atoms with Crippen molar-refractivity contribution in [1.82, 2.24) is 0 Å². The van der Waals surface area contributed by atoms with Gasteiger partial charge in [0.1, 0.15) is 0 Å². The molecule has 1 aliphatic carbocycles. The van der Waals surface area contributed by atoms with Gasteiger partial charge in [-0.1, -0.05) is 19.8 Å². The van der Waals surface area contributed by atoms with Crippen molar-refractivity contribution in [3.8, 4) is 11.5 Å². The second kappa shape index (κ2) is 5.78. The first-order valence-corrected chi connectivity index (χ1v) is 8.32. The van der Waals surface area contributed by atoms with Gasteiger partial charge in [-0.05, 0) is 52.4 Å². The summed E-state index contributed by atoms with van der Waals surface area (Å²) in [5.74, 6) is 2.01. The molecule has 116 valence electrons. The molecule has 5 heteroatoms. The molecule has 0 spiro atoms. The van der Waals surface area contributed by atoms with E-state index in [2.05, 4.69) is 22.9 Å². The van der Waals surface area contributed by atoms with Gasteiger partial charge in [0.2, 0.25) is 6.79 Å². The first-order chi connectivity index (χ1) is 10.1. The van der Waals surface area contributed by atoms with E-state index in [1.54, 1.807) is 0 Å². The Morgan fingerprint density at radius 2 is 2.29 bits per heavy atom. The zero-order valence-corrected chi connectivity index (χ0v) is 13.9. The predicted molar refractivity (Wildman–Crippen MR) is 84.3 cm³/mol. The van der Waals surface area contributed by atoms with Crippen LogP contribution in [0.15, 0.2) is 16.6 Å². The topological polar surface area (TPSA) is 64.7 Å². The molecule has 0 aromatic heterocycles. The maximum atomic E-state index is 11.0. The molecule has 3 unspecified atom stereocenters. The van der Waals surface area contributed by atoms with Crippen LogP contribution in [0.5, 0.6) is 11.5 Å². The lowest BCUT2D eigenvalue weighted by Crippen LogP contribution is -2.40. The number of hydrogen-bond acceptors (Lipinski definition) is 4. The zero-order chi connectivity index (χ0) is 15.0. The Hall–Kier alpha value is -0.780. The summed E-state index contributed by atoms with van der Waals surface area (Å²) in [5, 5.41) is 11.0. The van der Waals surface area contributed by atoms with Crippen LogP contribution in [-0.4, -0.2) is 18.4 Å². The Kier molecular flexibility index (Phi) is 4.17. The number of ether oxygens (including phenoxy) is 2. The molecule has 1 aliphatic heterocycles. The lowest BCUT2D eigenvalue weighted by Gasteiger charge is -2.43. The number of aliphatic hydroxyl groups is 1. The molecule has 1 saturated carbocycles. The fourth-order valence-corrected chi connectivity index (χ4v) is 4.32. The molecule has 0 amide bonds.